The first-order valence-corrected chi connectivity index (χ1v) is 8.14. The minimum atomic E-state index is -0.735. The predicted molar refractivity (Wildman–Crippen MR) is 83.4 cm³/mol. The Morgan fingerprint density at radius 2 is 1.86 bits per heavy atom. The van der Waals surface area contributed by atoms with E-state index in [0.717, 1.165) is 18.4 Å². The maximum Gasteiger partial charge on any atom is 0.306 e. The van der Waals surface area contributed by atoms with Crippen LogP contribution in [0.25, 0.3) is 0 Å². The number of carbonyl (C=O) groups is 2. The van der Waals surface area contributed by atoms with E-state index in [0.29, 0.717) is 25.4 Å². The summed E-state index contributed by atoms with van der Waals surface area (Å²) in [6.45, 7) is 3.06. The number of likely N-dealkylation sites (tertiary alicyclic amines) is 1. The van der Waals surface area contributed by atoms with E-state index in [1.54, 1.807) is 0 Å². The van der Waals surface area contributed by atoms with E-state index in [1.165, 1.54) is 0 Å². The molecule has 1 amide bonds. The number of rotatable bonds is 4. The van der Waals surface area contributed by atoms with Crippen LogP contribution in [0.1, 0.15) is 37.7 Å². The van der Waals surface area contributed by atoms with Gasteiger partial charge in [-0.2, -0.15) is 0 Å². The fourth-order valence-corrected chi connectivity index (χ4v) is 3.62. The molecule has 4 nitrogen and oxygen atoms in total. The molecule has 4 heteroatoms. The van der Waals surface area contributed by atoms with Crippen LogP contribution in [-0.2, 0) is 9.59 Å². The zero-order chi connectivity index (χ0) is 15.7. The van der Waals surface area contributed by atoms with Gasteiger partial charge in [0.15, 0.2) is 0 Å². The van der Waals surface area contributed by atoms with Crippen molar-refractivity contribution in [2.75, 3.05) is 13.1 Å². The molecule has 1 aromatic carbocycles. The van der Waals surface area contributed by atoms with Crippen molar-refractivity contribution in [3.05, 3.63) is 35.9 Å². The molecule has 1 heterocycles. The van der Waals surface area contributed by atoms with Gasteiger partial charge in [-0.25, -0.2) is 0 Å². The highest BCUT2D eigenvalue weighted by Gasteiger charge is 2.41. The monoisotopic (exact) mass is 301 g/mol. The molecule has 3 unspecified atom stereocenters. The van der Waals surface area contributed by atoms with Crippen LogP contribution in [0.15, 0.2) is 30.3 Å². The fourth-order valence-electron chi connectivity index (χ4n) is 3.62. The van der Waals surface area contributed by atoms with Crippen LogP contribution in [0.5, 0.6) is 0 Å². The summed E-state index contributed by atoms with van der Waals surface area (Å²) in [6, 6.07) is 10.0. The number of carboxylic acids is 1. The highest BCUT2D eigenvalue weighted by atomic mass is 16.4. The van der Waals surface area contributed by atoms with Crippen LogP contribution in [0.2, 0.25) is 0 Å². The van der Waals surface area contributed by atoms with Crippen molar-refractivity contribution >= 4 is 11.9 Å². The third-order valence-corrected chi connectivity index (χ3v) is 5.05. The summed E-state index contributed by atoms with van der Waals surface area (Å²) in [6.07, 6.45) is 2.80. The van der Waals surface area contributed by atoms with Crippen LogP contribution >= 0.6 is 0 Å². The second-order valence-corrected chi connectivity index (χ2v) is 6.72. The fraction of sp³-hybridized carbons (Fsp3) is 0.556. The van der Waals surface area contributed by atoms with Crippen molar-refractivity contribution in [1.29, 1.82) is 0 Å². The van der Waals surface area contributed by atoms with Gasteiger partial charge < -0.3 is 10.0 Å². The van der Waals surface area contributed by atoms with Gasteiger partial charge in [-0.05, 0) is 36.7 Å². The Morgan fingerprint density at radius 3 is 2.41 bits per heavy atom. The first kappa shape index (κ1) is 15.1. The Morgan fingerprint density at radius 1 is 1.18 bits per heavy atom. The maximum atomic E-state index is 13.0. The topological polar surface area (TPSA) is 57.6 Å². The first-order valence-electron chi connectivity index (χ1n) is 8.14. The van der Waals surface area contributed by atoms with Crippen LogP contribution in [-0.4, -0.2) is 35.0 Å². The lowest BCUT2D eigenvalue weighted by atomic mass is 9.85. The molecule has 1 saturated heterocycles. The number of amides is 1. The van der Waals surface area contributed by atoms with Crippen molar-refractivity contribution in [3.8, 4) is 0 Å². The van der Waals surface area contributed by atoms with Gasteiger partial charge in [0, 0.05) is 13.1 Å². The van der Waals surface area contributed by atoms with E-state index in [1.807, 2.05) is 42.2 Å². The van der Waals surface area contributed by atoms with Crippen LogP contribution in [0.3, 0.4) is 0 Å². The van der Waals surface area contributed by atoms with Gasteiger partial charge >= 0.3 is 5.97 Å². The number of piperidine rings is 1. The normalized spacial score (nSPS) is 26.5. The molecule has 22 heavy (non-hydrogen) atoms. The van der Waals surface area contributed by atoms with Gasteiger partial charge in [0.2, 0.25) is 5.91 Å². The summed E-state index contributed by atoms with van der Waals surface area (Å²) in [4.78, 5) is 26.1. The number of hydrogen-bond acceptors (Lipinski definition) is 2. The summed E-state index contributed by atoms with van der Waals surface area (Å²) in [5.74, 6) is -0.436. The zero-order valence-electron chi connectivity index (χ0n) is 12.9. The highest BCUT2D eigenvalue weighted by molar-refractivity contribution is 5.85. The molecular weight excluding hydrogens is 278 g/mol. The quantitative estimate of drug-likeness (QED) is 0.930. The lowest BCUT2D eigenvalue weighted by Gasteiger charge is -2.37. The summed E-state index contributed by atoms with van der Waals surface area (Å²) in [7, 11) is 0. The van der Waals surface area contributed by atoms with E-state index in [4.69, 9.17) is 0 Å². The van der Waals surface area contributed by atoms with Crippen LogP contribution in [0.4, 0.5) is 0 Å². The molecule has 118 valence electrons. The van der Waals surface area contributed by atoms with Crippen molar-refractivity contribution in [3.63, 3.8) is 0 Å². The van der Waals surface area contributed by atoms with Gasteiger partial charge in [-0.15, -0.1) is 0 Å². The van der Waals surface area contributed by atoms with Crippen molar-refractivity contribution in [2.24, 2.45) is 17.8 Å². The Bertz CT molecular complexity index is 553. The molecular formula is C18H23NO3. The number of carboxylic acid groups (broad SMARTS) is 1. The second-order valence-electron chi connectivity index (χ2n) is 6.72. The molecule has 1 aromatic rings. The largest absolute Gasteiger partial charge is 0.481 e. The first-order chi connectivity index (χ1) is 10.6. The third kappa shape index (κ3) is 3.01. The summed E-state index contributed by atoms with van der Waals surface area (Å²) in [5, 5.41) is 9.22. The Labute approximate surface area is 131 Å². The SMILES string of the molecule is CC1CN(C(=O)C(c2ccccc2)C2CC2)CCC1C(=O)O. The van der Waals surface area contributed by atoms with Crippen molar-refractivity contribution < 1.29 is 14.7 Å². The Hall–Kier alpha value is -1.84. The Kier molecular flexibility index (Phi) is 4.19. The molecule has 2 fully saturated rings. The maximum absolute atomic E-state index is 13.0. The summed E-state index contributed by atoms with van der Waals surface area (Å²) < 4.78 is 0. The molecule has 3 rings (SSSR count). The van der Waals surface area contributed by atoms with Gasteiger partial charge in [0.05, 0.1) is 11.8 Å². The lowest BCUT2D eigenvalue weighted by molar-refractivity contribution is -0.148. The molecule has 1 aliphatic heterocycles. The van der Waals surface area contributed by atoms with E-state index in [2.05, 4.69) is 0 Å². The predicted octanol–water partition coefficient (Wildman–Crippen LogP) is 2.75. The van der Waals surface area contributed by atoms with Gasteiger partial charge in [0.25, 0.3) is 0 Å². The summed E-state index contributed by atoms with van der Waals surface area (Å²) in [5.41, 5.74) is 1.10. The van der Waals surface area contributed by atoms with Crippen molar-refractivity contribution in [2.45, 2.75) is 32.1 Å². The van der Waals surface area contributed by atoms with Gasteiger partial charge in [-0.3, -0.25) is 9.59 Å². The molecule has 1 saturated carbocycles. The number of hydrogen-bond donors (Lipinski definition) is 1. The van der Waals surface area contributed by atoms with E-state index >= 15 is 0 Å². The Balaban J connectivity index is 1.74. The highest BCUT2D eigenvalue weighted by Crippen LogP contribution is 2.44. The van der Waals surface area contributed by atoms with Gasteiger partial charge in [0.1, 0.15) is 0 Å². The molecule has 0 spiro atoms. The number of aliphatic carboxylic acids is 1. The molecule has 2 aliphatic rings. The molecule has 0 bridgehead atoms. The minimum absolute atomic E-state index is 0.0193. The van der Waals surface area contributed by atoms with Crippen LogP contribution in [0, 0.1) is 17.8 Å². The average Bonchev–Trinajstić information content (AvgIpc) is 3.32. The average molecular weight is 301 g/mol. The van der Waals surface area contributed by atoms with E-state index < -0.39 is 5.97 Å². The van der Waals surface area contributed by atoms with E-state index in [9.17, 15) is 14.7 Å². The van der Waals surface area contributed by atoms with Crippen LogP contribution < -0.4 is 0 Å². The third-order valence-electron chi connectivity index (χ3n) is 5.05. The molecule has 1 aliphatic carbocycles. The number of carbonyl (C=O) groups excluding carboxylic acids is 1. The smallest absolute Gasteiger partial charge is 0.306 e. The summed E-state index contributed by atoms with van der Waals surface area (Å²) >= 11 is 0. The minimum Gasteiger partial charge on any atom is -0.481 e. The second kappa shape index (κ2) is 6.11. The van der Waals surface area contributed by atoms with Gasteiger partial charge in [-0.1, -0.05) is 37.3 Å². The molecule has 0 radical (unpaired) electrons. The molecule has 0 aromatic heterocycles. The lowest BCUT2D eigenvalue weighted by Crippen LogP contribution is -2.46. The standard InChI is InChI=1S/C18H23NO3/c1-12-11-19(10-9-15(12)18(21)22)17(20)16(14-7-8-14)13-5-3-2-4-6-13/h2-6,12,14-16H,7-11H2,1H3,(H,21,22). The molecule has 1 N–H and O–H groups in total. The van der Waals surface area contributed by atoms with Crippen molar-refractivity contribution in [1.82, 2.24) is 4.90 Å². The number of benzene rings is 1. The number of nitrogens with zero attached hydrogens (tertiary/aromatic N) is 1. The van der Waals surface area contributed by atoms with E-state index in [-0.39, 0.29) is 23.7 Å². The zero-order valence-corrected chi connectivity index (χ0v) is 12.9. The molecule has 3 atom stereocenters.